The van der Waals surface area contributed by atoms with Gasteiger partial charge in [0.25, 0.3) is 0 Å². The second-order valence-electron chi connectivity index (χ2n) is 30.9. The van der Waals surface area contributed by atoms with Crippen molar-refractivity contribution in [3.8, 4) is 0 Å². The molecule has 0 radical (unpaired) electrons. The van der Waals surface area contributed by atoms with Gasteiger partial charge in [0.1, 0.15) is 0 Å². The Morgan fingerprint density at radius 3 is 0.581 bits per heavy atom. The SMILES string of the molecule is C.C.C.C.C.C.C.C.C.C.C.Cc1ccc2cc(C(C)C)ccc2c1.Cc1ccc2cc(C(C)c3ccccc3)ccc2c1.Cc1ccc2cc(C)ccc2c1.Cc1ccc2cc(C)ccc2c1.Cc1ccc2cc(C)ccc2c1.Cc1ccc2ccccc2c1.Cc1ccc2ccccc2c1.Cc1ccc2ccccc2c1.Cc1cccc2ccccc12. The summed E-state index contributed by atoms with van der Waals surface area (Å²) in [6, 6.07) is 136. The van der Waals surface area contributed by atoms with Gasteiger partial charge in [-0.2, -0.15) is 0 Å². The van der Waals surface area contributed by atoms with E-state index in [9.17, 15) is 0 Å². The molecule has 0 aromatic heterocycles. The fraction of sp³-hybridized carbons (Fsp3) is 0.226. The Kier molecular flexibility index (Phi) is 49.3. The van der Waals surface area contributed by atoms with Gasteiger partial charge in [-0.15, -0.1) is 0 Å². The number of rotatable bonds is 3. The van der Waals surface area contributed by atoms with Gasteiger partial charge < -0.3 is 0 Å². The van der Waals surface area contributed by atoms with E-state index in [2.05, 4.69) is 486 Å². The summed E-state index contributed by atoms with van der Waals surface area (Å²) in [6.07, 6.45) is 0. The Balaban J connectivity index is 0.00000136. The standard InChI is InChI=1S/C19H18.C14H16.3C12H12.4C11H10.11CH4/c1-14-8-9-19-13-17(10-11-18(19)12-14)15(2)16-6-4-3-5-7-16;1-10(2)12-6-7-13-8-11(3)4-5-14(13)9-12;3*1-9-3-5-12-8-10(2)4-6-11(12)7-9;1-9-5-4-7-10-6-2-3-8-11(9)10;3*1-9-6-7-10-4-2-3-5-11(10)8-9;;;;;;;;;;;/h3-13,15H,1-2H3;4-10H,1-3H3;3*3-8H,1-2H3;4*2-8H,1H3;11*1H4. The molecule has 19 aromatic rings. The van der Waals surface area contributed by atoms with Crippen LogP contribution in [0, 0.1) is 83.1 Å². The van der Waals surface area contributed by atoms with E-state index in [0.29, 0.717) is 11.8 Å². The molecule has 1 atom stereocenters. The molecule has 0 heterocycles. The molecule has 0 nitrogen and oxygen atoms in total. The first-order valence-corrected chi connectivity index (χ1v) is 39.9. The van der Waals surface area contributed by atoms with Crippen LogP contribution < -0.4 is 0 Å². The number of hydrogen-bond acceptors (Lipinski definition) is 0. The minimum atomic E-state index is 0. The molecule has 0 N–H and O–H groups in total. The third-order valence-corrected chi connectivity index (χ3v) is 20.7. The summed E-state index contributed by atoms with van der Waals surface area (Å²) in [5.74, 6) is 1.05. The lowest BCUT2D eigenvalue weighted by atomic mass is 9.91. The molecule has 0 aliphatic heterocycles. The molecule has 0 amide bonds. The zero-order chi connectivity index (χ0) is 79.8. The summed E-state index contributed by atoms with van der Waals surface area (Å²) in [6.45, 7) is 32.2. The molecule has 0 heteroatoms. The highest BCUT2D eigenvalue weighted by molar-refractivity contribution is 5.90. The van der Waals surface area contributed by atoms with Crippen molar-refractivity contribution in [2.24, 2.45) is 0 Å². The molecule has 0 aliphatic rings. The molecule has 19 aromatic carbocycles. The summed E-state index contributed by atoms with van der Waals surface area (Å²) < 4.78 is 0. The lowest BCUT2D eigenvalue weighted by Crippen LogP contribution is -1.95. The normalized spacial score (nSPS) is 9.87. The van der Waals surface area contributed by atoms with E-state index < -0.39 is 0 Å². The van der Waals surface area contributed by atoms with Gasteiger partial charge in [-0.1, -0.05) is 546 Å². The lowest BCUT2D eigenvalue weighted by molar-refractivity contribution is 0.869. The van der Waals surface area contributed by atoms with Crippen LogP contribution in [-0.4, -0.2) is 0 Å². The summed E-state index contributed by atoms with van der Waals surface area (Å²) >= 11 is 0. The number of hydrogen-bond donors (Lipinski definition) is 0. The molecule has 650 valence electrons. The van der Waals surface area contributed by atoms with Crippen molar-refractivity contribution >= 4 is 97.0 Å². The summed E-state index contributed by atoms with van der Waals surface area (Å²) in [7, 11) is 0. The lowest BCUT2D eigenvalue weighted by Gasteiger charge is -2.13. The molecular weight excluding hydrogens is 1490 g/mol. The molecule has 1 unspecified atom stereocenters. The minimum Gasteiger partial charge on any atom is -0.0776 e. The van der Waals surface area contributed by atoms with Crippen molar-refractivity contribution in [2.45, 2.75) is 197 Å². The molecule has 0 fully saturated rings. The molecule has 124 heavy (non-hydrogen) atoms. The van der Waals surface area contributed by atoms with E-state index >= 15 is 0 Å². The highest BCUT2D eigenvalue weighted by Gasteiger charge is 2.09. The molecule has 0 aliphatic carbocycles. The largest absolute Gasteiger partial charge is 0.0776 e. The van der Waals surface area contributed by atoms with E-state index in [-0.39, 0.29) is 81.7 Å². The summed E-state index contributed by atoms with van der Waals surface area (Å²) in [4.78, 5) is 0. The number of aryl methyl sites for hydroxylation is 12. The van der Waals surface area contributed by atoms with E-state index in [1.165, 1.54) is 180 Å². The Hall–Kier alpha value is -12.5. The predicted octanol–water partition coefficient (Wildman–Crippen LogP) is 39.5. The molecular formula is C124H154. The van der Waals surface area contributed by atoms with Gasteiger partial charge in [0.2, 0.25) is 0 Å². The van der Waals surface area contributed by atoms with Crippen LogP contribution in [0.15, 0.2) is 382 Å². The van der Waals surface area contributed by atoms with Crippen LogP contribution >= 0.6 is 0 Å². The first-order chi connectivity index (χ1) is 54.6. The maximum absolute atomic E-state index is 2.31. The van der Waals surface area contributed by atoms with Crippen LogP contribution in [0.4, 0.5) is 0 Å². The third-order valence-electron chi connectivity index (χ3n) is 20.7. The van der Waals surface area contributed by atoms with Crippen molar-refractivity contribution in [1.29, 1.82) is 0 Å². The second kappa shape index (κ2) is 54.8. The van der Waals surface area contributed by atoms with Crippen molar-refractivity contribution in [3.05, 3.63) is 466 Å². The summed E-state index contributed by atoms with van der Waals surface area (Å²) in [5, 5.41) is 24.0. The molecule has 0 spiro atoms. The van der Waals surface area contributed by atoms with E-state index in [1.54, 1.807) is 0 Å². The zero-order valence-corrected chi connectivity index (χ0v) is 69.0. The maximum atomic E-state index is 2.31. The van der Waals surface area contributed by atoms with Crippen molar-refractivity contribution < 1.29 is 0 Å². The van der Waals surface area contributed by atoms with E-state index in [4.69, 9.17) is 0 Å². The number of benzene rings is 19. The van der Waals surface area contributed by atoms with Crippen LogP contribution in [0.5, 0.6) is 0 Å². The first kappa shape index (κ1) is 112. The number of fused-ring (bicyclic) bond motifs is 9. The van der Waals surface area contributed by atoms with Crippen LogP contribution in [0.3, 0.4) is 0 Å². The smallest absolute Gasteiger partial charge is 0.00612 e. The van der Waals surface area contributed by atoms with Crippen molar-refractivity contribution in [1.82, 2.24) is 0 Å². The molecule has 0 saturated heterocycles. The van der Waals surface area contributed by atoms with Gasteiger partial charge in [-0.3, -0.25) is 0 Å². The van der Waals surface area contributed by atoms with Gasteiger partial charge in [0.15, 0.2) is 0 Å². The Morgan fingerprint density at radius 2 is 0.323 bits per heavy atom. The summed E-state index contributed by atoms with van der Waals surface area (Å²) in [5.41, 5.74) is 20.1. The Bertz CT molecular complexity index is 5810. The van der Waals surface area contributed by atoms with Crippen LogP contribution in [-0.2, 0) is 0 Å². The molecule has 19 rings (SSSR count). The van der Waals surface area contributed by atoms with E-state index in [1.807, 2.05) is 0 Å². The average Bonchev–Trinajstić information content (AvgIpc) is 0.830. The van der Waals surface area contributed by atoms with E-state index in [0.717, 1.165) is 0 Å². The van der Waals surface area contributed by atoms with Gasteiger partial charge in [0, 0.05) is 5.92 Å². The predicted molar refractivity (Wildman–Crippen MR) is 574 cm³/mol. The topological polar surface area (TPSA) is 0 Å². The minimum absolute atomic E-state index is 0. The molecule has 0 saturated carbocycles. The highest BCUT2D eigenvalue weighted by atomic mass is 14.1. The fourth-order valence-electron chi connectivity index (χ4n) is 14.1. The Labute approximate surface area is 754 Å². The first-order valence-electron chi connectivity index (χ1n) is 39.9. The van der Waals surface area contributed by atoms with Crippen LogP contribution in [0.2, 0.25) is 0 Å². The second-order valence-corrected chi connectivity index (χ2v) is 30.9. The van der Waals surface area contributed by atoms with Crippen LogP contribution in [0.25, 0.3) is 97.0 Å². The Morgan fingerprint density at radius 1 is 0.137 bits per heavy atom. The van der Waals surface area contributed by atoms with Crippen LogP contribution in [0.1, 0.15) is 198 Å². The third kappa shape index (κ3) is 32.7. The quantitative estimate of drug-likeness (QED) is 0.165. The fourth-order valence-corrected chi connectivity index (χ4v) is 14.1. The monoisotopic (exact) mass is 1640 g/mol. The highest BCUT2D eigenvalue weighted by Crippen LogP contribution is 2.29. The zero-order valence-electron chi connectivity index (χ0n) is 69.0. The average molecular weight is 1640 g/mol. The van der Waals surface area contributed by atoms with Crippen molar-refractivity contribution in [3.63, 3.8) is 0 Å². The van der Waals surface area contributed by atoms with Gasteiger partial charge in [-0.25, -0.2) is 0 Å². The van der Waals surface area contributed by atoms with Crippen molar-refractivity contribution in [2.75, 3.05) is 0 Å². The van der Waals surface area contributed by atoms with Gasteiger partial charge in [-0.05, 0) is 208 Å². The maximum Gasteiger partial charge on any atom is 0.00612 e. The van der Waals surface area contributed by atoms with Gasteiger partial charge in [0.05, 0.1) is 0 Å². The van der Waals surface area contributed by atoms with Gasteiger partial charge >= 0.3 is 0 Å². The molecule has 0 bridgehead atoms.